The average molecular weight is 687 g/mol. The van der Waals surface area contributed by atoms with Crippen molar-refractivity contribution in [1.29, 1.82) is 0 Å². The Morgan fingerprint density at radius 2 is 1.24 bits per heavy atom. The molecule has 42 heavy (non-hydrogen) atoms. The number of halogens is 2. The molecule has 0 saturated carbocycles. The second kappa shape index (κ2) is 17.2. The van der Waals surface area contributed by atoms with Crippen LogP contribution in [0.15, 0.2) is 121 Å². The van der Waals surface area contributed by atoms with Gasteiger partial charge < -0.3 is 0 Å². The molecule has 0 atom stereocenters. The van der Waals surface area contributed by atoms with Crippen LogP contribution in [-0.2, 0) is 32.7 Å². The predicted molar refractivity (Wildman–Crippen MR) is 187 cm³/mol. The van der Waals surface area contributed by atoms with Crippen molar-refractivity contribution in [3.05, 3.63) is 132 Å². The van der Waals surface area contributed by atoms with Crippen molar-refractivity contribution in [1.82, 2.24) is 0 Å². The van der Waals surface area contributed by atoms with Gasteiger partial charge in [0.05, 0.1) is 0 Å². The summed E-state index contributed by atoms with van der Waals surface area (Å²) in [6, 6.07) is 43.7. The Morgan fingerprint density at radius 1 is 0.690 bits per heavy atom. The molecule has 6 aromatic rings. The summed E-state index contributed by atoms with van der Waals surface area (Å²) < 4.78 is 0. The average Bonchev–Trinajstić information content (AvgIpc) is 3.65. The number of hydrogen-bond donors (Lipinski definition) is 0. The third-order valence-corrected chi connectivity index (χ3v) is 7.04. The Balaban J connectivity index is 0.000000195. The second-order valence-electron chi connectivity index (χ2n) is 11.1. The Labute approximate surface area is 274 Å². The third kappa shape index (κ3) is 9.39. The van der Waals surface area contributed by atoms with Gasteiger partial charge in [-0.3, -0.25) is 0 Å². The first-order valence-electron chi connectivity index (χ1n) is 14.3. The van der Waals surface area contributed by atoms with E-state index >= 15 is 0 Å². The van der Waals surface area contributed by atoms with Gasteiger partial charge in [-0.2, -0.15) is 18.2 Å². The molecule has 0 amide bonds. The first kappa shape index (κ1) is 34.3. The Hall–Kier alpha value is -2.22. The number of benzene rings is 4. The number of fused-ring (bicyclic) bond motifs is 2. The van der Waals surface area contributed by atoms with Crippen molar-refractivity contribution in [3.8, 4) is 22.3 Å². The molecule has 0 aliphatic rings. The molecule has 6 aromatic carbocycles. The molecule has 4 heteroatoms. The van der Waals surface area contributed by atoms with Crippen molar-refractivity contribution in [2.75, 3.05) is 0 Å². The zero-order valence-electron chi connectivity index (χ0n) is 25.5. The minimum atomic E-state index is -0.826. The summed E-state index contributed by atoms with van der Waals surface area (Å²) in [5, 5.41) is 5.38. The van der Waals surface area contributed by atoms with Gasteiger partial charge >= 0.3 is 37.9 Å². The van der Waals surface area contributed by atoms with Gasteiger partial charge in [0.15, 0.2) is 0 Å². The van der Waals surface area contributed by atoms with Crippen LogP contribution in [0.1, 0.15) is 38.8 Å². The molecular formula is C38H40Cl2SiZr. The summed E-state index contributed by atoms with van der Waals surface area (Å²) in [6.07, 6.45) is 1.10. The van der Waals surface area contributed by atoms with Crippen LogP contribution in [0.5, 0.6) is 0 Å². The predicted octanol–water partition coefficient (Wildman–Crippen LogP) is 12.5. The van der Waals surface area contributed by atoms with Crippen LogP contribution in [0.4, 0.5) is 0 Å². The Bertz CT molecular complexity index is 1620. The molecular weight excluding hydrogens is 647 g/mol. The van der Waals surface area contributed by atoms with E-state index in [1.54, 1.807) is 0 Å². The standard InChI is InChI=1S/C19H19.C17H15.C2H6Si.2ClH.Zr/c1-19(2,3)16-12-10-15(11-13-16)18-9-5-7-14-6-4-8-17(14)18;1-2-13-11-15-9-6-10-16(17(15)12-13)14-7-4-3-5-8-14;1-3-2;;;/h4-13H,1-3H3;3-12H,2H2,1H3;1-2H3;2*1H;/q2*-1;;;;+4/p-2. The second-order valence-corrected chi connectivity index (χ2v) is 15.9. The summed E-state index contributed by atoms with van der Waals surface area (Å²) in [4.78, 5) is 0. The van der Waals surface area contributed by atoms with E-state index in [1.807, 2.05) is 0 Å². The van der Waals surface area contributed by atoms with E-state index in [1.165, 1.54) is 54.9 Å². The molecule has 0 aromatic heterocycles. The molecule has 214 valence electrons. The molecule has 0 fully saturated rings. The molecule has 0 spiro atoms. The van der Waals surface area contributed by atoms with Gasteiger partial charge in [-0.15, -0.1) is 63.5 Å². The monoisotopic (exact) mass is 684 g/mol. The molecule has 6 rings (SSSR count). The SMILES string of the molecule is CC(C)(C)c1ccc(-c2cccc3[cH-]ccc23)cc1.CCc1cc2c(-c3ccccc3)cccc2[cH-]1.C[Si]C.[Cl][Zr+2][Cl]. The maximum absolute atomic E-state index is 4.93. The van der Waals surface area contributed by atoms with Gasteiger partial charge in [0, 0.05) is 9.52 Å². The molecule has 0 bridgehead atoms. The summed E-state index contributed by atoms with van der Waals surface area (Å²) in [6.45, 7) is 13.3. The molecule has 2 radical (unpaired) electrons. The van der Waals surface area contributed by atoms with Crippen LogP contribution in [0.2, 0.25) is 13.1 Å². The first-order chi connectivity index (χ1) is 20.3. The zero-order valence-corrected chi connectivity index (χ0v) is 30.5. The first-order valence-corrected chi connectivity index (χ1v) is 22.6. The summed E-state index contributed by atoms with van der Waals surface area (Å²) >= 11 is -0.826. The molecule has 0 heterocycles. The number of hydrogen-bond acceptors (Lipinski definition) is 0. The molecule has 0 unspecified atom stereocenters. The van der Waals surface area contributed by atoms with Crippen LogP contribution in [-0.4, -0.2) is 9.52 Å². The van der Waals surface area contributed by atoms with E-state index in [0.29, 0.717) is 0 Å². The van der Waals surface area contributed by atoms with E-state index in [2.05, 4.69) is 162 Å². The van der Waals surface area contributed by atoms with Crippen molar-refractivity contribution < 1.29 is 20.8 Å². The van der Waals surface area contributed by atoms with Crippen molar-refractivity contribution in [3.63, 3.8) is 0 Å². The number of aryl methyl sites for hydroxylation is 1. The third-order valence-electron chi connectivity index (χ3n) is 7.04. The summed E-state index contributed by atoms with van der Waals surface area (Å²) in [5.74, 6) is 0. The van der Waals surface area contributed by atoms with Gasteiger partial charge in [-0.05, 0) is 28.5 Å². The zero-order chi connectivity index (χ0) is 30.5. The minimum absolute atomic E-state index is 0.213. The maximum atomic E-state index is 4.93. The fourth-order valence-corrected chi connectivity index (χ4v) is 4.93. The van der Waals surface area contributed by atoms with Gasteiger partial charge in [-0.1, -0.05) is 119 Å². The quantitative estimate of drug-likeness (QED) is 0.128. The van der Waals surface area contributed by atoms with Gasteiger partial charge in [0.25, 0.3) is 0 Å². The number of rotatable bonds is 3. The van der Waals surface area contributed by atoms with Gasteiger partial charge in [-0.25, -0.2) is 0 Å². The van der Waals surface area contributed by atoms with E-state index in [-0.39, 0.29) is 5.41 Å². The van der Waals surface area contributed by atoms with Gasteiger partial charge in [0.2, 0.25) is 0 Å². The van der Waals surface area contributed by atoms with E-state index in [9.17, 15) is 0 Å². The van der Waals surface area contributed by atoms with Crippen molar-refractivity contribution in [2.24, 2.45) is 0 Å². The van der Waals surface area contributed by atoms with E-state index in [0.717, 1.165) is 15.9 Å². The topological polar surface area (TPSA) is 0 Å². The summed E-state index contributed by atoms with van der Waals surface area (Å²) in [7, 11) is 11.0. The van der Waals surface area contributed by atoms with E-state index < -0.39 is 20.8 Å². The fraction of sp³-hybridized carbons (Fsp3) is 0.211. The van der Waals surface area contributed by atoms with Crippen LogP contribution >= 0.6 is 17.0 Å². The fourth-order valence-electron chi connectivity index (χ4n) is 4.93. The van der Waals surface area contributed by atoms with Crippen LogP contribution in [0, 0.1) is 0 Å². The van der Waals surface area contributed by atoms with Crippen LogP contribution in [0.3, 0.4) is 0 Å². The van der Waals surface area contributed by atoms with Crippen molar-refractivity contribution in [2.45, 2.75) is 52.6 Å². The molecule has 0 aliphatic carbocycles. The van der Waals surface area contributed by atoms with Crippen molar-refractivity contribution >= 4 is 48.1 Å². The molecule has 0 aliphatic heterocycles. The Kier molecular flexibility index (Phi) is 14.0. The summed E-state index contributed by atoms with van der Waals surface area (Å²) in [5.41, 5.74) is 8.27. The van der Waals surface area contributed by atoms with Gasteiger partial charge in [0.1, 0.15) is 0 Å². The molecule has 0 nitrogen and oxygen atoms in total. The Morgan fingerprint density at radius 3 is 1.81 bits per heavy atom. The van der Waals surface area contributed by atoms with Crippen LogP contribution < -0.4 is 0 Å². The normalized spacial score (nSPS) is 10.5. The van der Waals surface area contributed by atoms with Crippen LogP contribution in [0.25, 0.3) is 43.8 Å². The molecule has 0 N–H and O–H groups in total. The molecule has 0 saturated heterocycles. The van der Waals surface area contributed by atoms with E-state index in [4.69, 9.17) is 17.0 Å².